The van der Waals surface area contributed by atoms with Gasteiger partial charge in [0.15, 0.2) is 0 Å². The Hall–Kier alpha value is 0.0900. The normalized spacial score (nSPS) is 14.7. The van der Waals surface area contributed by atoms with E-state index in [9.17, 15) is 4.79 Å². The maximum absolute atomic E-state index is 11.6. The molecule has 1 amide bonds. The number of thioether (sulfide) groups is 1. The van der Waals surface area contributed by atoms with Crippen molar-refractivity contribution in [1.82, 2.24) is 10.6 Å². The van der Waals surface area contributed by atoms with Crippen LogP contribution in [0.3, 0.4) is 0 Å². The SMILES string of the molecule is CSCCC(NCCS)C(=O)NC(C)O. The fraction of sp³-hybridized carbons (Fsp3) is 0.889. The van der Waals surface area contributed by atoms with Crippen LogP contribution >= 0.6 is 24.4 Å². The van der Waals surface area contributed by atoms with Crippen molar-refractivity contribution in [3.05, 3.63) is 0 Å². The van der Waals surface area contributed by atoms with E-state index >= 15 is 0 Å². The molecule has 0 rings (SSSR count). The summed E-state index contributed by atoms with van der Waals surface area (Å²) >= 11 is 5.77. The van der Waals surface area contributed by atoms with E-state index in [1.807, 2.05) is 6.26 Å². The molecule has 0 fully saturated rings. The second kappa shape index (κ2) is 9.33. The molecule has 0 aromatic carbocycles. The molecular weight excluding hydrogens is 232 g/mol. The summed E-state index contributed by atoms with van der Waals surface area (Å²) in [5.74, 6) is 1.45. The number of hydrogen-bond donors (Lipinski definition) is 4. The zero-order valence-corrected chi connectivity index (χ0v) is 10.9. The zero-order valence-electron chi connectivity index (χ0n) is 9.19. The molecule has 2 atom stereocenters. The minimum Gasteiger partial charge on any atom is -0.374 e. The molecule has 90 valence electrons. The highest BCUT2D eigenvalue weighted by Crippen LogP contribution is 2.01. The zero-order chi connectivity index (χ0) is 11.7. The number of carbonyl (C=O) groups excluding carboxylic acids is 1. The van der Waals surface area contributed by atoms with Crippen LogP contribution in [0.4, 0.5) is 0 Å². The molecule has 0 saturated heterocycles. The van der Waals surface area contributed by atoms with Crippen LogP contribution in [0.2, 0.25) is 0 Å². The lowest BCUT2D eigenvalue weighted by Gasteiger charge is -2.18. The van der Waals surface area contributed by atoms with Crippen molar-refractivity contribution in [2.45, 2.75) is 25.6 Å². The van der Waals surface area contributed by atoms with Gasteiger partial charge in [-0.2, -0.15) is 24.4 Å². The van der Waals surface area contributed by atoms with Crippen LogP contribution in [0, 0.1) is 0 Å². The minimum absolute atomic E-state index is 0.152. The topological polar surface area (TPSA) is 61.4 Å². The van der Waals surface area contributed by atoms with Crippen molar-refractivity contribution >= 4 is 30.3 Å². The first-order chi connectivity index (χ1) is 7.11. The number of thiol groups is 1. The monoisotopic (exact) mass is 252 g/mol. The first-order valence-electron chi connectivity index (χ1n) is 4.93. The molecule has 4 nitrogen and oxygen atoms in total. The summed E-state index contributed by atoms with van der Waals surface area (Å²) in [6.45, 7) is 2.22. The van der Waals surface area contributed by atoms with Crippen molar-refractivity contribution in [2.24, 2.45) is 0 Å². The van der Waals surface area contributed by atoms with Crippen LogP contribution in [0.15, 0.2) is 0 Å². The summed E-state index contributed by atoms with van der Waals surface area (Å²) in [7, 11) is 0. The molecule has 0 radical (unpaired) electrons. The van der Waals surface area contributed by atoms with E-state index in [0.29, 0.717) is 12.3 Å². The van der Waals surface area contributed by atoms with Gasteiger partial charge in [0.05, 0.1) is 6.04 Å². The van der Waals surface area contributed by atoms with E-state index in [4.69, 9.17) is 5.11 Å². The fourth-order valence-corrected chi connectivity index (χ4v) is 1.71. The Morgan fingerprint density at radius 3 is 2.73 bits per heavy atom. The number of aliphatic hydroxyl groups excluding tert-OH is 1. The molecule has 0 aliphatic heterocycles. The van der Waals surface area contributed by atoms with Crippen molar-refractivity contribution in [2.75, 3.05) is 24.3 Å². The van der Waals surface area contributed by atoms with Gasteiger partial charge in [-0.1, -0.05) is 0 Å². The number of aliphatic hydroxyl groups is 1. The standard InChI is InChI=1S/C9H20N2O2S2/c1-7(12)11-9(13)8(3-6-15-2)10-4-5-14/h7-8,10,12,14H,3-6H2,1-2H3,(H,11,13). The van der Waals surface area contributed by atoms with E-state index in [0.717, 1.165) is 12.2 Å². The summed E-state index contributed by atoms with van der Waals surface area (Å²) in [6.07, 6.45) is 1.96. The van der Waals surface area contributed by atoms with Gasteiger partial charge >= 0.3 is 0 Å². The van der Waals surface area contributed by atoms with Gasteiger partial charge in [-0.25, -0.2) is 0 Å². The molecule has 0 aliphatic carbocycles. The quantitative estimate of drug-likeness (QED) is 0.365. The Morgan fingerprint density at radius 2 is 2.27 bits per heavy atom. The summed E-state index contributed by atoms with van der Waals surface area (Å²) < 4.78 is 0. The van der Waals surface area contributed by atoms with Crippen LogP contribution in [0.25, 0.3) is 0 Å². The Bertz CT molecular complexity index is 171. The van der Waals surface area contributed by atoms with E-state index in [1.165, 1.54) is 6.92 Å². The average Bonchev–Trinajstić information content (AvgIpc) is 2.17. The van der Waals surface area contributed by atoms with Gasteiger partial charge in [0.1, 0.15) is 6.23 Å². The minimum atomic E-state index is -0.799. The summed E-state index contributed by atoms with van der Waals surface area (Å²) in [5, 5.41) is 14.6. The van der Waals surface area contributed by atoms with E-state index < -0.39 is 6.23 Å². The van der Waals surface area contributed by atoms with Gasteiger partial charge in [-0.05, 0) is 25.4 Å². The predicted octanol–water partition coefficient (Wildman–Crippen LogP) is 0.0820. The van der Waals surface area contributed by atoms with Crippen molar-refractivity contribution in [1.29, 1.82) is 0 Å². The van der Waals surface area contributed by atoms with E-state index in [-0.39, 0.29) is 11.9 Å². The van der Waals surface area contributed by atoms with Gasteiger partial charge in [0.2, 0.25) is 5.91 Å². The van der Waals surface area contributed by atoms with Crippen LogP contribution in [0.5, 0.6) is 0 Å². The highest BCUT2D eigenvalue weighted by atomic mass is 32.2. The highest BCUT2D eigenvalue weighted by molar-refractivity contribution is 7.98. The molecule has 0 spiro atoms. The third kappa shape index (κ3) is 7.96. The Kier molecular flexibility index (Phi) is 9.38. The molecule has 6 heteroatoms. The lowest BCUT2D eigenvalue weighted by Crippen LogP contribution is -2.47. The molecular formula is C9H20N2O2S2. The third-order valence-electron chi connectivity index (χ3n) is 1.78. The first kappa shape index (κ1) is 15.1. The van der Waals surface area contributed by atoms with Gasteiger partial charge in [-0.15, -0.1) is 0 Å². The van der Waals surface area contributed by atoms with Crippen LogP contribution < -0.4 is 10.6 Å². The number of rotatable bonds is 8. The number of carbonyl (C=O) groups is 1. The summed E-state index contributed by atoms with van der Waals surface area (Å²) in [6, 6.07) is -0.237. The first-order valence-corrected chi connectivity index (χ1v) is 6.96. The van der Waals surface area contributed by atoms with Gasteiger partial charge in [-0.3, -0.25) is 4.79 Å². The molecule has 0 heterocycles. The molecule has 0 saturated carbocycles. The molecule has 3 N–H and O–H groups in total. The molecule has 0 bridgehead atoms. The highest BCUT2D eigenvalue weighted by Gasteiger charge is 2.17. The van der Waals surface area contributed by atoms with E-state index in [2.05, 4.69) is 23.3 Å². The Balaban J connectivity index is 4.01. The molecule has 0 aromatic heterocycles. The van der Waals surface area contributed by atoms with Gasteiger partial charge < -0.3 is 15.7 Å². The van der Waals surface area contributed by atoms with Crippen molar-refractivity contribution in [3.8, 4) is 0 Å². The smallest absolute Gasteiger partial charge is 0.239 e. The van der Waals surface area contributed by atoms with Crippen molar-refractivity contribution < 1.29 is 9.90 Å². The largest absolute Gasteiger partial charge is 0.374 e. The van der Waals surface area contributed by atoms with Crippen LogP contribution in [0.1, 0.15) is 13.3 Å². The average molecular weight is 252 g/mol. The molecule has 2 unspecified atom stereocenters. The fourth-order valence-electron chi connectivity index (χ4n) is 1.11. The molecule has 0 aliphatic rings. The number of amides is 1. The summed E-state index contributed by atoms with van der Waals surface area (Å²) in [5.41, 5.74) is 0. The van der Waals surface area contributed by atoms with Gasteiger partial charge in [0.25, 0.3) is 0 Å². The Labute approximate surface area is 101 Å². The van der Waals surface area contributed by atoms with Crippen LogP contribution in [-0.4, -0.2) is 47.6 Å². The maximum atomic E-state index is 11.6. The second-order valence-electron chi connectivity index (χ2n) is 3.20. The van der Waals surface area contributed by atoms with Gasteiger partial charge in [0, 0.05) is 12.3 Å². The second-order valence-corrected chi connectivity index (χ2v) is 4.63. The number of nitrogens with one attached hydrogen (secondary N) is 2. The predicted molar refractivity (Wildman–Crippen MR) is 68.5 cm³/mol. The Morgan fingerprint density at radius 1 is 1.60 bits per heavy atom. The lowest BCUT2D eigenvalue weighted by atomic mass is 10.2. The summed E-state index contributed by atoms with van der Waals surface area (Å²) in [4.78, 5) is 11.6. The van der Waals surface area contributed by atoms with Crippen LogP contribution in [-0.2, 0) is 4.79 Å². The molecule has 15 heavy (non-hydrogen) atoms. The molecule has 0 aromatic rings. The van der Waals surface area contributed by atoms with E-state index in [1.54, 1.807) is 11.8 Å². The number of hydrogen-bond acceptors (Lipinski definition) is 5. The third-order valence-corrected chi connectivity index (χ3v) is 2.65. The van der Waals surface area contributed by atoms with Crippen molar-refractivity contribution in [3.63, 3.8) is 0 Å². The lowest BCUT2D eigenvalue weighted by molar-refractivity contribution is -0.125. The maximum Gasteiger partial charge on any atom is 0.239 e.